The fourth-order valence-electron chi connectivity index (χ4n) is 2.07. The first-order valence-electron chi connectivity index (χ1n) is 6.30. The Morgan fingerprint density at radius 2 is 2.12 bits per heavy atom. The highest BCUT2D eigenvalue weighted by atomic mass is 16.5. The molecule has 3 nitrogen and oxygen atoms in total. The predicted octanol–water partition coefficient (Wildman–Crippen LogP) is 2.60. The van der Waals surface area contributed by atoms with Crippen molar-refractivity contribution in [2.45, 2.75) is 39.2 Å². The Balaban J connectivity index is 2.12. The number of hydrogen-bond donors (Lipinski definition) is 0. The molecule has 1 aromatic heterocycles. The second kappa shape index (κ2) is 4.65. The standard InChI is InChI=1S/C14H22N2O/c1-11-10-16(7-8-17-11)12-5-6-13(15-9-12)14(2,3)4/h5-6,9,11H,7-8,10H2,1-4H3. The van der Waals surface area contributed by atoms with Crippen LogP contribution in [0.5, 0.6) is 0 Å². The van der Waals surface area contributed by atoms with Gasteiger partial charge in [-0.2, -0.15) is 0 Å². The summed E-state index contributed by atoms with van der Waals surface area (Å²) in [4.78, 5) is 6.91. The summed E-state index contributed by atoms with van der Waals surface area (Å²) in [6.07, 6.45) is 2.30. The van der Waals surface area contributed by atoms with Crippen LogP contribution in [0.3, 0.4) is 0 Å². The predicted molar refractivity (Wildman–Crippen MR) is 70.6 cm³/mol. The van der Waals surface area contributed by atoms with Gasteiger partial charge >= 0.3 is 0 Å². The molecule has 1 atom stereocenters. The summed E-state index contributed by atoms with van der Waals surface area (Å²) in [5, 5.41) is 0. The summed E-state index contributed by atoms with van der Waals surface area (Å²) < 4.78 is 5.55. The monoisotopic (exact) mass is 234 g/mol. The molecule has 1 aliphatic rings. The van der Waals surface area contributed by atoms with Crippen molar-refractivity contribution in [1.82, 2.24) is 4.98 Å². The number of rotatable bonds is 1. The summed E-state index contributed by atoms with van der Waals surface area (Å²) in [7, 11) is 0. The van der Waals surface area contributed by atoms with Crippen molar-refractivity contribution in [1.29, 1.82) is 0 Å². The van der Waals surface area contributed by atoms with E-state index >= 15 is 0 Å². The minimum absolute atomic E-state index is 0.122. The molecule has 1 unspecified atom stereocenters. The van der Waals surface area contributed by atoms with Crippen LogP contribution in [0, 0.1) is 0 Å². The Bertz CT molecular complexity index is 367. The molecule has 0 bridgehead atoms. The quantitative estimate of drug-likeness (QED) is 0.747. The van der Waals surface area contributed by atoms with Crippen molar-refractivity contribution >= 4 is 5.69 Å². The molecule has 1 fully saturated rings. The van der Waals surface area contributed by atoms with E-state index in [9.17, 15) is 0 Å². The first kappa shape index (κ1) is 12.4. The van der Waals surface area contributed by atoms with E-state index in [2.05, 4.69) is 49.7 Å². The van der Waals surface area contributed by atoms with Crippen LogP contribution in [0.2, 0.25) is 0 Å². The normalized spacial score (nSPS) is 21.6. The van der Waals surface area contributed by atoms with Crippen molar-refractivity contribution in [3.8, 4) is 0 Å². The lowest BCUT2D eigenvalue weighted by atomic mass is 9.92. The van der Waals surface area contributed by atoms with Crippen LogP contribution in [-0.2, 0) is 10.2 Å². The van der Waals surface area contributed by atoms with Gasteiger partial charge in [0.15, 0.2) is 0 Å². The van der Waals surface area contributed by atoms with Gasteiger partial charge in [0.2, 0.25) is 0 Å². The highest BCUT2D eigenvalue weighted by Gasteiger charge is 2.19. The molecule has 1 aliphatic heterocycles. The Morgan fingerprint density at radius 3 is 2.65 bits per heavy atom. The third kappa shape index (κ3) is 2.97. The molecule has 1 aromatic rings. The van der Waals surface area contributed by atoms with Crippen LogP contribution in [0.1, 0.15) is 33.4 Å². The molecule has 0 saturated carbocycles. The van der Waals surface area contributed by atoms with Gasteiger partial charge in [-0.3, -0.25) is 4.98 Å². The van der Waals surface area contributed by atoms with E-state index in [1.54, 1.807) is 0 Å². The minimum atomic E-state index is 0.122. The van der Waals surface area contributed by atoms with Gasteiger partial charge in [-0.25, -0.2) is 0 Å². The summed E-state index contributed by atoms with van der Waals surface area (Å²) in [5.41, 5.74) is 2.47. The molecule has 2 heterocycles. The minimum Gasteiger partial charge on any atom is -0.375 e. The lowest BCUT2D eigenvalue weighted by Gasteiger charge is -2.33. The first-order valence-corrected chi connectivity index (χ1v) is 6.30. The summed E-state index contributed by atoms with van der Waals surface area (Å²) in [6, 6.07) is 4.31. The maximum atomic E-state index is 5.55. The van der Waals surface area contributed by atoms with Crippen LogP contribution in [-0.4, -0.2) is 30.8 Å². The van der Waals surface area contributed by atoms with Crippen molar-refractivity contribution in [3.63, 3.8) is 0 Å². The second-order valence-electron chi connectivity index (χ2n) is 5.78. The van der Waals surface area contributed by atoms with Gasteiger partial charge in [-0.15, -0.1) is 0 Å². The van der Waals surface area contributed by atoms with Gasteiger partial charge in [0.25, 0.3) is 0 Å². The third-order valence-corrected chi connectivity index (χ3v) is 3.12. The van der Waals surface area contributed by atoms with Crippen LogP contribution < -0.4 is 4.90 Å². The molecule has 2 rings (SSSR count). The molecule has 0 spiro atoms. The maximum Gasteiger partial charge on any atom is 0.0722 e. The van der Waals surface area contributed by atoms with Gasteiger partial charge < -0.3 is 9.64 Å². The Kier molecular flexibility index (Phi) is 3.38. The van der Waals surface area contributed by atoms with E-state index in [1.807, 2.05) is 6.20 Å². The average molecular weight is 234 g/mol. The number of pyridine rings is 1. The van der Waals surface area contributed by atoms with Crippen LogP contribution in [0.4, 0.5) is 5.69 Å². The third-order valence-electron chi connectivity index (χ3n) is 3.12. The number of anilines is 1. The van der Waals surface area contributed by atoms with Gasteiger partial charge in [0.05, 0.1) is 24.6 Å². The number of hydrogen-bond acceptors (Lipinski definition) is 3. The Morgan fingerprint density at radius 1 is 1.35 bits per heavy atom. The van der Waals surface area contributed by atoms with Crippen LogP contribution in [0.15, 0.2) is 18.3 Å². The number of ether oxygens (including phenoxy) is 1. The molecule has 94 valence electrons. The van der Waals surface area contributed by atoms with Crippen molar-refractivity contribution in [3.05, 3.63) is 24.0 Å². The lowest BCUT2D eigenvalue weighted by molar-refractivity contribution is 0.0532. The summed E-state index contributed by atoms with van der Waals surface area (Å²) in [5.74, 6) is 0. The zero-order valence-electron chi connectivity index (χ0n) is 11.2. The molecule has 0 radical (unpaired) electrons. The molecular formula is C14H22N2O. The summed E-state index contributed by atoms with van der Waals surface area (Å²) in [6.45, 7) is 11.4. The topological polar surface area (TPSA) is 25.4 Å². The zero-order valence-corrected chi connectivity index (χ0v) is 11.2. The molecule has 0 aliphatic carbocycles. The Labute approximate surface area is 104 Å². The van der Waals surface area contributed by atoms with Crippen LogP contribution >= 0.6 is 0 Å². The molecule has 17 heavy (non-hydrogen) atoms. The van der Waals surface area contributed by atoms with E-state index < -0.39 is 0 Å². The zero-order chi connectivity index (χ0) is 12.5. The van der Waals surface area contributed by atoms with Gasteiger partial charge in [0.1, 0.15) is 0 Å². The maximum absolute atomic E-state index is 5.55. The van der Waals surface area contributed by atoms with E-state index in [4.69, 9.17) is 4.74 Å². The molecular weight excluding hydrogens is 212 g/mol. The van der Waals surface area contributed by atoms with E-state index in [0.29, 0.717) is 6.10 Å². The van der Waals surface area contributed by atoms with E-state index in [1.165, 1.54) is 5.69 Å². The van der Waals surface area contributed by atoms with Crippen molar-refractivity contribution in [2.75, 3.05) is 24.6 Å². The highest BCUT2D eigenvalue weighted by Crippen LogP contribution is 2.23. The molecule has 0 amide bonds. The summed E-state index contributed by atoms with van der Waals surface area (Å²) >= 11 is 0. The molecule has 0 N–H and O–H groups in total. The second-order valence-corrected chi connectivity index (χ2v) is 5.78. The number of aromatic nitrogens is 1. The van der Waals surface area contributed by atoms with Crippen molar-refractivity contribution < 1.29 is 4.74 Å². The molecule has 3 heteroatoms. The van der Waals surface area contributed by atoms with E-state index in [-0.39, 0.29) is 5.41 Å². The Hall–Kier alpha value is -1.09. The first-order chi connectivity index (χ1) is 7.97. The number of nitrogens with zero attached hydrogens (tertiary/aromatic N) is 2. The average Bonchev–Trinajstić information content (AvgIpc) is 2.28. The van der Waals surface area contributed by atoms with Gasteiger partial charge in [0, 0.05) is 24.2 Å². The van der Waals surface area contributed by atoms with Gasteiger partial charge in [-0.1, -0.05) is 20.8 Å². The van der Waals surface area contributed by atoms with Crippen LogP contribution in [0.25, 0.3) is 0 Å². The SMILES string of the molecule is CC1CN(c2ccc(C(C)(C)C)nc2)CCO1. The van der Waals surface area contributed by atoms with Gasteiger partial charge in [-0.05, 0) is 19.1 Å². The largest absolute Gasteiger partial charge is 0.375 e. The van der Waals surface area contributed by atoms with Crippen molar-refractivity contribution in [2.24, 2.45) is 0 Å². The highest BCUT2D eigenvalue weighted by molar-refractivity contribution is 5.45. The fraction of sp³-hybridized carbons (Fsp3) is 0.643. The van der Waals surface area contributed by atoms with E-state index in [0.717, 1.165) is 25.4 Å². The molecule has 1 saturated heterocycles. The number of morpholine rings is 1. The smallest absolute Gasteiger partial charge is 0.0722 e. The fourth-order valence-corrected chi connectivity index (χ4v) is 2.07. The molecule has 0 aromatic carbocycles. The lowest BCUT2D eigenvalue weighted by Crippen LogP contribution is -2.41.